The number of benzene rings is 2. The molecule has 5 nitrogen and oxygen atoms in total. The largest absolute Gasteiger partial charge is 0.493 e. The van der Waals surface area contributed by atoms with E-state index in [0.717, 1.165) is 56.9 Å². The normalized spacial score (nSPS) is 14.8. The maximum absolute atomic E-state index is 13.2. The number of methoxy groups -OCH3 is 1. The van der Waals surface area contributed by atoms with Gasteiger partial charge in [-0.15, -0.1) is 0 Å². The molecule has 1 saturated heterocycles. The SMILES string of the molecule is COc1cc(CNCCN2CCNCC2)ccc1OCc1ccc(F)cc1Cl. The molecule has 152 valence electrons. The van der Waals surface area contributed by atoms with Crippen molar-refractivity contribution in [3.63, 3.8) is 0 Å². The minimum atomic E-state index is -0.361. The van der Waals surface area contributed by atoms with E-state index in [1.807, 2.05) is 18.2 Å². The van der Waals surface area contributed by atoms with Gasteiger partial charge in [0.15, 0.2) is 11.5 Å². The van der Waals surface area contributed by atoms with Crippen LogP contribution in [0.3, 0.4) is 0 Å². The van der Waals surface area contributed by atoms with Gasteiger partial charge in [0.1, 0.15) is 12.4 Å². The first-order chi connectivity index (χ1) is 13.7. The Morgan fingerprint density at radius 1 is 1.14 bits per heavy atom. The Morgan fingerprint density at radius 3 is 2.71 bits per heavy atom. The van der Waals surface area contributed by atoms with E-state index in [1.165, 1.54) is 12.1 Å². The van der Waals surface area contributed by atoms with Crippen molar-refractivity contribution in [2.24, 2.45) is 0 Å². The summed E-state index contributed by atoms with van der Waals surface area (Å²) in [6.45, 7) is 7.38. The average molecular weight is 408 g/mol. The summed E-state index contributed by atoms with van der Waals surface area (Å²) in [6, 6.07) is 10.2. The second-order valence-electron chi connectivity index (χ2n) is 6.78. The molecule has 2 N–H and O–H groups in total. The van der Waals surface area contributed by atoms with Gasteiger partial charge in [0.2, 0.25) is 0 Å². The van der Waals surface area contributed by atoms with E-state index in [0.29, 0.717) is 16.5 Å². The highest BCUT2D eigenvalue weighted by molar-refractivity contribution is 6.31. The van der Waals surface area contributed by atoms with Crippen LogP contribution in [-0.4, -0.2) is 51.3 Å². The molecule has 28 heavy (non-hydrogen) atoms. The van der Waals surface area contributed by atoms with Gasteiger partial charge in [-0.25, -0.2) is 4.39 Å². The number of halogens is 2. The zero-order valence-corrected chi connectivity index (χ0v) is 16.9. The molecular formula is C21H27ClFN3O2. The molecule has 0 saturated carbocycles. The van der Waals surface area contributed by atoms with Gasteiger partial charge < -0.3 is 20.1 Å². The lowest BCUT2D eigenvalue weighted by atomic mass is 10.2. The van der Waals surface area contributed by atoms with Gasteiger partial charge in [-0.1, -0.05) is 23.7 Å². The highest BCUT2D eigenvalue weighted by atomic mass is 35.5. The number of rotatable bonds is 9. The standard InChI is InChI=1S/C21H27ClFN3O2/c1-27-21-12-16(14-25-8-11-26-9-6-24-7-10-26)2-5-20(21)28-15-17-3-4-18(23)13-19(17)22/h2-5,12-13,24-25H,6-11,14-15H2,1H3. The van der Waals surface area contributed by atoms with Crippen molar-refractivity contribution in [3.05, 3.63) is 58.4 Å². The summed E-state index contributed by atoms with van der Waals surface area (Å²) in [6.07, 6.45) is 0. The van der Waals surface area contributed by atoms with Crippen LogP contribution in [0.5, 0.6) is 11.5 Å². The molecule has 2 aromatic carbocycles. The fraction of sp³-hybridized carbons (Fsp3) is 0.429. The maximum atomic E-state index is 13.2. The fourth-order valence-electron chi connectivity index (χ4n) is 3.14. The number of nitrogens with zero attached hydrogens (tertiary/aromatic N) is 1. The molecule has 0 spiro atoms. The Hall–Kier alpha value is -1.86. The molecule has 0 atom stereocenters. The van der Waals surface area contributed by atoms with Crippen LogP contribution in [0.4, 0.5) is 4.39 Å². The van der Waals surface area contributed by atoms with Gasteiger partial charge in [-0.05, 0) is 29.8 Å². The summed E-state index contributed by atoms with van der Waals surface area (Å²) >= 11 is 6.06. The minimum Gasteiger partial charge on any atom is -0.493 e. The molecule has 0 radical (unpaired) electrons. The van der Waals surface area contributed by atoms with Gasteiger partial charge >= 0.3 is 0 Å². The van der Waals surface area contributed by atoms with Crippen LogP contribution in [0, 0.1) is 5.82 Å². The van der Waals surface area contributed by atoms with Gasteiger partial charge in [0.25, 0.3) is 0 Å². The summed E-state index contributed by atoms with van der Waals surface area (Å²) in [7, 11) is 1.62. The zero-order chi connectivity index (χ0) is 19.8. The van der Waals surface area contributed by atoms with Crippen LogP contribution in [0.2, 0.25) is 5.02 Å². The van der Waals surface area contributed by atoms with Crippen molar-refractivity contribution in [2.75, 3.05) is 46.4 Å². The predicted octanol–water partition coefficient (Wildman–Crippen LogP) is 3.06. The Morgan fingerprint density at radius 2 is 1.96 bits per heavy atom. The summed E-state index contributed by atoms with van der Waals surface area (Å²) in [4.78, 5) is 2.46. The third-order valence-electron chi connectivity index (χ3n) is 4.77. The third kappa shape index (κ3) is 6.07. The molecule has 7 heteroatoms. The van der Waals surface area contributed by atoms with Crippen LogP contribution >= 0.6 is 11.6 Å². The van der Waals surface area contributed by atoms with E-state index >= 15 is 0 Å². The summed E-state index contributed by atoms with van der Waals surface area (Å²) in [5, 5.41) is 7.19. The van der Waals surface area contributed by atoms with E-state index in [9.17, 15) is 4.39 Å². The van der Waals surface area contributed by atoms with E-state index in [2.05, 4.69) is 15.5 Å². The van der Waals surface area contributed by atoms with Crippen LogP contribution in [0.1, 0.15) is 11.1 Å². The molecule has 1 heterocycles. The first kappa shape index (κ1) is 20.9. The van der Waals surface area contributed by atoms with Gasteiger partial charge in [0.05, 0.1) is 12.1 Å². The second kappa shape index (κ2) is 10.6. The third-order valence-corrected chi connectivity index (χ3v) is 5.12. The van der Waals surface area contributed by atoms with Crippen molar-refractivity contribution in [1.29, 1.82) is 0 Å². The fourth-order valence-corrected chi connectivity index (χ4v) is 3.36. The molecule has 1 aliphatic rings. The topological polar surface area (TPSA) is 45.8 Å². The van der Waals surface area contributed by atoms with Crippen molar-refractivity contribution in [1.82, 2.24) is 15.5 Å². The highest BCUT2D eigenvalue weighted by Gasteiger charge is 2.10. The molecular weight excluding hydrogens is 381 g/mol. The average Bonchev–Trinajstić information content (AvgIpc) is 2.72. The molecule has 3 rings (SSSR count). The summed E-state index contributed by atoms with van der Waals surface area (Å²) in [5.74, 6) is 0.937. The number of hydrogen-bond donors (Lipinski definition) is 2. The van der Waals surface area contributed by atoms with E-state index in [1.54, 1.807) is 13.2 Å². The van der Waals surface area contributed by atoms with Gasteiger partial charge in [-0.2, -0.15) is 0 Å². The van der Waals surface area contributed by atoms with Crippen molar-refractivity contribution < 1.29 is 13.9 Å². The molecule has 0 aliphatic carbocycles. The molecule has 2 aromatic rings. The van der Waals surface area contributed by atoms with E-state index in [4.69, 9.17) is 21.1 Å². The zero-order valence-electron chi connectivity index (χ0n) is 16.1. The number of piperazine rings is 1. The summed E-state index contributed by atoms with van der Waals surface area (Å²) in [5.41, 5.74) is 1.85. The Bertz CT molecular complexity index is 769. The first-order valence-electron chi connectivity index (χ1n) is 9.53. The van der Waals surface area contributed by atoms with E-state index < -0.39 is 0 Å². The van der Waals surface area contributed by atoms with Crippen molar-refractivity contribution >= 4 is 11.6 Å². The Kier molecular flexibility index (Phi) is 7.91. The lowest BCUT2D eigenvalue weighted by Gasteiger charge is -2.27. The molecule has 0 amide bonds. The number of hydrogen-bond acceptors (Lipinski definition) is 5. The van der Waals surface area contributed by atoms with Crippen LogP contribution in [0.15, 0.2) is 36.4 Å². The predicted molar refractivity (Wildman–Crippen MR) is 110 cm³/mol. The second-order valence-corrected chi connectivity index (χ2v) is 7.19. The Labute approximate surface area is 170 Å². The quantitative estimate of drug-likeness (QED) is 0.625. The lowest BCUT2D eigenvalue weighted by molar-refractivity contribution is 0.241. The minimum absolute atomic E-state index is 0.248. The van der Waals surface area contributed by atoms with Crippen LogP contribution < -0.4 is 20.1 Å². The first-order valence-corrected chi connectivity index (χ1v) is 9.91. The number of nitrogens with one attached hydrogen (secondary N) is 2. The summed E-state index contributed by atoms with van der Waals surface area (Å²) < 4.78 is 24.4. The monoisotopic (exact) mass is 407 g/mol. The number of ether oxygens (including phenoxy) is 2. The van der Waals surface area contributed by atoms with E-state index in [-0.39, 0.29) is 12.4 Å². The maximum Gasteiger partial charge on any atom is 0.161 e. The smallest absolute Gasteiger partial charge is 0.161 e. The van der Waals surface area contributed by atoms with Crippen molar-refractivity contribution in [3.8, 4) is 11.5 Å². The molecule has 0 unspecified atom stereocenters. The molecule has 1 aliphatic heterocycles. The van der Waals surface area contributed by atoms with Gasteiger partial charge in [0, 0.05) is 51.4 Å². The Balaban J connectivity index is 1.50. The van der Waals surface area contributed by atoms with Gasteiger partial charge in [-0.3, -0.25) is 4.90 Å². The lowest BCUT2D eigenvalue weighted by Crippen LogP contribution is -2.45. The van der Waals surface area contributed by atoms with Crippen LogP contribution in [0.25, 0.3) is 0 Å². The van der Waals surface area contributed by atoms with Crippen LogP contribution in [-0.2, 0) is 13.2 Å². The highest BCUT2D eigenvalue weighted by Crippen LogP contribution is 2.29. The van der Waals surface area contributed by atoms with Crippen molar-refractivity contribution in [2.45, 2.75) is 13.2 Å². The molecule has 0 aromatic heterocycles. The molecule has 0 bridgehead atoms. The molecule has 1 fully saturated rings.